The topological polar surface area (TPSA) is 48.2 Å². The molecule has 0 aliphatic carbocycles. The van der Waals surface area contributed by atoms with Gasteiger partial charge in [-0.25, -0.2) is 0 Å². The summed E-state index contributed by atoms with van der Waals surface area (Å²) >= 11 is 3.52. The number of thiophene rings is 1. The van der Waals surface area contributed by atoms with Crippen molar-refractivity contribution in [3.8, 4) is 16.5 Å². The minimum absolute atomic E-state index is 0.540. The lowest BCUT2D eigenvalue weighted by molar-refractivity contribution is 0.415. The summed E-state index contributed by atoms with van der Waals surface area (Å²) in [5.41, 5.74) is 0. The molecule has 2 aromatic rings. The first-order valence-electron chi connectivity index (χ1n) is 3.41. The number of rotatable bonds is 2. The summed E-state index contributed by atoms with van der Waals surface area (Å²) < 4.78 is 10.6. The fourth-order valence-electron chi connectivity index (χ4n) is 0.844. The number of halogens is 1. The Morgan fingerprint density at radius 3 is 3.00 bits per heavy atom. The lowest BCUT2D eigenvalue weighted by atomic mass is 10.4. The van der Waals surface area contributed by atoms with Crippen molar-refractivity contribution in [1.29, 1.82) is 0 Å². The molecular formula is C7H5IN2O2S. The van der Waals surface area contributed by atoms with Gasteiger partial charge in [0.1, 0.15) is 5.75 Å². The zero-order chi connectivity index (χ0) is 9.26. The van der Waals surface area contributed by atoms with Crippen molar-refractivity contribution >= 4 is 33.9 Å². The van der Waals surface area contributed by atoms with Gasteiger partial charge in [0.25, 0.3) is 5.89 Å². The average molecular weight is 308 g/mol. The molecule has 0 aromatic carbocycles. The van der Waals surface area contributed by atoms with E-state index in [1.54, 1.807) is 7.11 Å². The van der Waals surface area contributed by atoms with Gasteiger partial charge in [-0.3, -0.25) is 0 Å². The van der Waals surface area contributed by atoms with Gasteiger partial charge < -0.3 is 9.26 Å². The molecule has 0 N–H and O–H groups in total. The third-order valence-electron chi connectivity index (χ3n) is 1.42. The van der Waals surface area contributed by atoms with Crippen LogP contribution in [-0.4, -0.2) is 17.3 Å². The minimum atomic E-state index is 0.540. The van der Waals surface area contributed by atoms with Gasteiger partial charge in [0.15, 0.2) is 0 Å². The van der Waals surface area contributed by atoms with Crippen LogP contribution in [0.5, 0.6) is 5.75 Å². The maximum atomic E-state index is 5.04. The largest absolute Gasteiger partial charge is 0.496 e. The Labute approximate surface area is 92.1 Å². The van der Waals surface area contributed by atoms with E-state index in [9.17, 15) is 0 Å². The van der Waals surface area contributed by atoms with Crippen molar-refractivity contribution in [2.24, 2.45) is 0 Å². The molecule has 0 saturated heterocycles. The molecule has 0 aliphatic rings. The second-order valence-corrected chi connectivity index (χ2v) is 4.10. The monoisotopic (exact) mass is 308 g/mol. The summed E-state index contributed by atoms with van der Waals surface area (Å²) in [4.78, 5) is 5.02. The molecule has 6 heteroatoms. The Morgan fingerprint density at radius 2 is 2.46 bits per heavy atom. The molecule has 2 rings (SSSR count). The summed E-state index contributed by atoms with van der Waals surface area (Å²) in [6, 6.07) is 1.87. The second kappa shape index (κ2) is 3.62. The summed E-state index contributed by atoms with van der Waals surface area (Å²) in [5.74, 6) is 1.35. The van der Waals surface area contributed by atoms with E-state index in [4.69, 9.17) is 9.26 Å². The smallest absolute Gasteiger partial charge is 0.268 e. The van der Waals surface area contributed by atoms with Crippen LogP contribution >= 0.6 is 33.9 Å². The van der Waals surface area contributed by atoms with Crippen LogP contribution in [0, 0.1) is 3.83 Å². The van der Waals surface area contributed by atoms with Crippen molar-refractivity contribution in [2.75, 3.05) is 7.11 Å². The van der Waals surface area contributed by atoms with E-state index in [1.807, 2.05) is 34.0 Å². The average Bonchev–Trinajstić information content (AvgIpc) is 2.71. The van der Waals surface area contributed by atoms with Crippen molar-refractivity contribution in [3.63, 3.8) is 0 Å². The maximum Gasteiger partial charge on any atom is 0.268 e. The number of hydrogen-bond acceptors (Lipinski definition) is 5. The molecule has 2 heterocycles. The Bertz CT molecular complexity index is 412. The summed E-state index contributed by atoms with van der Waals surface area (Å²) in [6.07, 6.45) is 0. The Kier molecular flexibility index (Phi) is 2.49. The van der Waals surface area contributed by atoms with Crippen molar-refractivity contribution < 1.29 is 9.26 Å². The molecule has 0 radical (unpaired) electrons. The van der Waals surface area contributed by atoms with Gasteiger partial charge in [0.2, 0.25) is 3.83 Å². The van der Waals surface area contributed by atoms with Gasteiger partial charge in [-0.1, -0.05) is 5.16 Å². The number of ether oxygens (including phenoxy) is 1. The van der Waals surface area contributed by atoms with E-state index in [1.165, 1.54) is 11.3 Å². The number of nitrogens with zero attached hydrogens (tertiary/aromatic N) is 2. The third kappa shape index (κ3) is 1.83. The fourth-order valence-corrected chi connectivity index (χ4v) is 1.94. The van der Waals surface area contributed by atoms with Crippen LogP contribution in [0.1, 0.15) is 0 Å². The predicted octanol–water partition coefficient (Wildman–Crippen LogP) is 2.41. The SMILES string of the molecule is COc1csc(-c2nc(I)no2)c1. The zero-order valence-corrected chi connectivity index (χ0v) is 9.63. The van der Waals surface area contributed by atoms with Crippen molar-refractivity contribution in [2.45, 2.75) is 0 Å². The summed E-state index contributed by atoms with van der Waals surface area (Å²) in [5, 5.41) is 5.59. The molecule has 0 amide bonds. The van der Waals surface area contributed by atoms with E-state index in [0.717, 1.165) is 10.6 Å². The maximum absolute atomic E-state index is 5.04. The van der Waals surface area contributed by atoms with E-state index in [0.29, 0.717) is 9.72 Å². The van der Waals surface area contributed by atoms with Gasteiger partial charge >= 0.3 is 0 Å². The first kappa shape index (κ1) is 8.95. The Morgan fingerprint density at radius 1 is 1.62 bits per heavy atom. The van der Waals surface area contributed by atoms with Crippen LogP contribution in [0.2, 0.25) is 0 Å². The molecule has 0 aliphatic heterocycles. The molecule has 0 saturated carbocycles. The van der Waals surface area contributed by atoms with Crippen molar-refractivity contribution in [1.82, 2.24) is 10.1 Å². The van der Waals surface area contributed by atoms with Gasteiger partial charge in [-0.2, -0.15) is 4.98 Å². The van der Waals surface area contributed by atoms with Crippen molar-refractivity contribution in [3.05, 3.63) is 15.3 Å². The first-order chi connectivity index (χ1) is 6.29. The van der Waals surface area contributed by atoms with Gasteiger partial charge in [-0.05, 0) is 0 Å². The highest BCUT2D eigenvalue weighted by atomic mass is 127. The minimum Gasteiger partial charge on any atom is -0.496 e. The fraction of sp³-hybridized carbons (Fsp3) is 0.143. The molecular weight excluding hydrogens is 303 g/mol. The number of hydrogen-bond donors (Lipinski definition) is 0. The van der Waals surface area contributed by atoms with Crippen LogP contribution in [0.3, 0.4) is 0 Å². The lowest BCUT2D eigenvalue weighted by Gasteiger charge is -1.88. The Hall–Kier alpha value is -0.630. The predicted molar refractivity (Wildman–Crippen MR) is 56.9 cm³/mol. The summed E-state index contributed by atoms with van der Waals surface area (Å²) in [7, 11) is 1.63. The highest BCUT2D eigenvalue weighted by molar-refractivity contribution is 14.1. The molecule has 0 atom stereocenters. The van der Waals surface area contributed by atoms with Crippen LogP contribution in [-0.2, 0) is 0 Å². The zero-order valence-electron chi connectivity index (χ0n) is 6.65. The van der Waals surface area contributed by atoms with Crippen LogP contribution in [0.4, 0.5) is 0 Å². The molecule has 2 aromatic heterocycles. The highest BCUT2D eigenvalue weighted by Gasteiger charge is 2.09. The van der Waals surface area contributed by atoms with Gasteiger partial charge in [-0.15, -0.1) is 11.3 Å². The van der Waals surface area contributed by atoms with E-state index in [2.05, 4.69) is 10.1 Å². The third-order valence-corrected chi connectivity index (χ3v) is 2.76. The lowest BCUT2D eigenvalue weighted by Crippen LogP contribution is -1.76. The molecule has 0 fully saturated rings. The molecule has 13 heavy (non-hydrogen) atoms. The van der Waals surface area contributed by atoms with E-state index in [-0.39, 0.29) is 0 Å². The molecule has 68 valence electrons. The standard InChI is InChI=1S/C7H5IN2O2S/c1-11-4-2-5(13-3-4)6-9-7(8)10-12-6/h2-3H,1H3. The van der Waals surface area contributed by atoms with Crippen LogP contribution in [0.15, 0.2) is 16.0 Å². The first-order valence-corrected chi connectivity index (χ1v) is 5.37. The second-order valence-electron chi connectivity index (χ2n) is 2.22. The quantitative estimate of drug-likeness (QED) is 0.800. The molecule has 0 unspecified atom stereocenters. The molecule has 4 nitrogen and oxygen atoms in total. The van der Waals surface area contributed by atoms with Gasteiger partial charge in [0, 0.05) is 34.0 Å². The highest BCUT2D eigenvalue weighted by Crippen LogP contribution is 2.29. The normalized spacial score (nSPS) is 10.3. The van der Waals surface area contributed by atoms with E-state index >= 15 is 0 Å². The van der Waals surface area contributed by atoms with Gasteiger partial charge in [0.05, 0.1) is 12.0 Å². The van der Waals surface area contributed by atoms with Crippen LogP contribution < -0.4 is 4.74 Å². The summed E-state index contributed by atoms with van der Waals surface area (Å²) in [6.45, 7) is 0. The van der Waals surface area contributed by atoms with Crippen LogP contribution in [0.25, 0.3) is 10.8 Å². The number of aromatic nitrogens is 2. The molecule has 0 spiro atoms. The Balaban J connectivity index is 2.35. The number of methoxy groups -OCH3 is 1. The van der Waals surface area contributed by atoms with E-state index < -0.39 is 0 Å². The molecule has 0 bridgehead atoms.